The van der Waals surface area contributed by atoms with Gasteiger partial charge < -0.3 is 26.4 Å². The lowest BCUT2D eigenvalue weighted by atomic mass is 9.81. The van der Waals surface area contributed by atoms with Gasteiger partial charge in [0.15, 0.2) is 9.84 Å². The highest BCUT2D eigenvalue weighted by molar-refractivity contribution is 7.91. The molecule has 24 nitrogen and oxygen atoms in total. The number of nitrogens with one attached hydrogen (secondary N) is 2. The lowest BCUT2D eigenvalue weighted by molar-refractivity contribution is 0.284. The Labute approximate surface area is 335 Å². The maximum absolute atomic E-state index is 12.8. The van der Waals surface area contributed by atoms with Gasteiger partial charge in [-0.1, -0.05) is 6.07 Å². The van der Waals surface area contributed by atoms with Crippen LogP contribution >= 0.6 is 11.6 Å². The fraction of sp³-hybridized carbons (Fsp3) is 0.214. The Morgan fingerprint density at radius 2 is 1.62 bits per heavy atom. The predicted octanol–water partition coefficient (Wildman–Crippen LogP) is 1.21. The van der Waals surface area contributed by atoms with Crippen LogP contribution in [0.2, 0.25) is 0 Å². The van der Waals surface area contributed by atoms with Gasteiger partial charge in [-0.05, 0) is 71.8 Å². The summed E-state index contributed by atoms with van der Waals surface area (Å²) in [4.78, 5) is 6.81. The van der Waals surface area contributed by atoms with Crippen molar-refractivity contribution in [2.45, 2.75) is 22.1 Å². The van der Waals surface area contributed by atoms with E-state index in [0.29, 0.717) is 6.08 Å². The van der Waals surface area contributed by atoms with Crippen LogP contribution in [0.15, 0.2) is 118 Å². The number of hydrogen-bond acceptors (Lipinski definition) is 20. The lowest BCUT2D eigenvalue weighted by Crippen LogP contribution is -2.47. The summed E-state index contributed by atoms with van der Waals surface area (Å²) < 4.78 is 162. The summed E-state index contributed by atoms with van der Waals surface area (Å²) in [5, 5.41) is 23.6. The normalized spacial score (nSPS) is 20.6. The summed E-state index contributed by atoms with van der Waals surface area (Å²) in [5.41, 5.74) is 4.58. The first-order valence-electron chi connectivity index (χ1n) is 15.5. The minimum atomic E-state index is -5.13. The molecule has 3 atom stereocenters. The maximum atomic E-state index is 12.8. The van der Waals surface area contributed by atoms with E-state index in [-0.39, 0.29) is 33.1 Å². The van der Waals surface area contributed by atoms with Crippen LogP contribution in [-0.4, -0.2) is 108 Å². The zero-order valence-corrected chi connectivity index (χ0v) is 33.7. The Balaban J connectivity index is 1.43. The van der Waals surface area contributed by atoms with Crippen molar-refractivity contribution in [1.82, 2.24) is 5.32 Å². The number of allylic oxidation sites excluding steroid dienone is 3. The molecule has 0 spiro atoms. The van der Waals surface area contributed by atoms with Gasteiger partial charge >= 0.3 is 10.4 Å². The summed E-state index contributed by atoms with van der Waals surface area (Å²) in [6.45, 7) is -0.855. The molecule has 2 aromatic carbocycles. The monoisotopic (exact) mass is 928 g/mol. The highest BCUT2D eigenvalue weighted by Crippen LogP contribution is 2.41. The van der Waals surface area contributed by atoms with Crippen molar-refractivity contribution in [1.29, 1.82) is 0 Å². The van der Waals surface area contributed by atoms with E-state index in [1.807, 2.05) is 0 Å². The number of guanidine groups is 1. The van der Waals surface area contributed by atoms with Gasteiger partial charge in [0.2, 0.25) is 17.5 Å². The Bertz CT molecular complexity index is 2860. The highest BCUT2D eigenvalue weighted by atomic mass is 35.5. The van der Waals surface area contributed by atoms with E-state index in [9.17, 15) is 60.9 Å². The molecule has 1 heterocycles. The van der Waals surface area contributed by atoms with Gasteiger partial charge in [-0.15, -0.1) is 0 Å². The predicted molar refractivity (Wildman–Crippen MR) is 205 cm³/mol. The molecule has 3 unspecified atom stereocenters. The molecule has 0 saturated heterocycles. The molecule has 58 heavy (non-hydrogen) atoms. The van der Waals surface area contributed by atoms with Crippen molar-refractivity contribution in [3.05, 3.63) is 87.5 Å². The van der Waals surface area contributed by atoms with Crippen molar-refractivity contribution in [3.63, 3.8) is 0 Å². The number of benzene rings is 2. The van der Waals surface area contributed by atoms with Gasteiger partial charge in [-0.2, -0.15) is 48.9 Å². The first-order valence-corrected chi connectivity index (χ1v) is 23.2. The van der Waals surface area contributed by atoms with Crippen molar-refractivity contribution < 1.29 is 69.6 Å². The van der Waals surface area contributed by atoms with Crippen LogP contribution in [-0.2, 0) is 54.8 Å². The number of rotatable bonds is 13. The number of aliphatic hydroxyl groups is 1. The maximum Gasteiger partial charge on any atom is 0.397 e. The van der Waals surface area contributed by atoms with Gasteiger partial charge in [-0.3, -0.25) is 18.2 Å². The van der Waals surface area contributed by atoms with Crippen LogP contribution in [0.1, 0.15) is 0 Å². The average molecular weight is 929 g/mol. The largest absolute Gasteiger partial charge is 0.512 e. The van der Waals surface area contributed by atoms with E-state index < -0.39 is 113 Å². The average Bonchev–Trinajstić information content (AvgIpc) is 3.09. The van der Waals surface area contributed by atoms with Crippen LogP contribution in [0.4, 0.5) is 17.1 Å². The third kappa shape index (κ3) is 10.4. The number of anilines is 2. The van der Waals surface area contributed by atoms with Crippen LogP contribution in [0.3, 0.4) is 0 Å². The minimum Gasteiger partial charge on any atom is -0.512 e. The summed E-state index contributed by atoms with van der Waals surface area (Å²) in [5.74, 6) is -3.27. The number of aliphatic imine (C=N–C) groups is 2. The first kappa shape index (κ1) is 44.3. The van der Waals surface area contributed by atoms with E-state index >= 15 is 0 Å². The van der Waals surface area contributed by atoms with E-state index in [1.54, 1.807) is 0 Å². The van der Waals surface area contributed by atoms with E-state index in [1.165, 1.54) is 42.3 Å². The summed E-state index contributed by atoms with van der Waals surface area (Å²) >= 11 is 6.20. The van der Waals surface area contributed by atoms with Crippen LogP contribution in [0.25, 0.3) is 0 Å². The van der Waals surface area contributed by atoms with E-state index in [2.05, 4.69) is 35.0 Å². The molecular weight excluding hydrogens is 900 g/mol. The number of halogens is 1. The van der Waals surface area contributed by atoms with Gasteiger partial charge in [0, 0.05) is 18.4 Å². The molecule has 0 amide bonds. The molecule has 0 radical (unpaired) electrons. The number of sulfone groups is 1. The van der Waals surface area contributed by atoms with Gasteiger partial charge in [0.05, 0.1) is 33.8 Å². The van der Waals surface area contributed by atoms with Gasteiger partial charge in [0.1, 0.15) is 27.3 Å². The summed E-state index contributed by atoms with van der Waals surface area (Å²) in [6, 6.07) is 6.72. The molecule has 2 aromatic rings. The van der Waals surface area contributed by atoms with Crippen LogP contribution in [0.5, 0.6) is 0 Å². The SMILES string of the molecule is CN(c1cccc(S(=O)(=O)CCOS(=O)(=O)O)c1)C1N=C(Nc2ccc(/N=N\C3C(N)=C(S(=O)(=O)O)C=C4C=C(S(=O)(=O)O)C=C(O)C43)c(S(=O)(=O)O)c2)N=C(Cl)N1. The minimum absolute atomic E-state index is 0.0891. The van der Waals surface area contributed by atoms with Crippen LogP contribution in [0, 0.1) is 5.92 Å². The third-order valence-corrected chi connectivity index (χ3v) is 13.0. The number of aliphatic hydroxyl groups excluding tert-OH is 1. The molecule has 0 saturated carbocycles. The highest BCUT2D eigenvalue weighted by Gasteiger charge is 2.40. The standard InChI is InChI=1S/C28H29ClN8O16S5/c1-37(16-3-2-4-17(12-16)54(39,40)8-7-53-58(50,51)52)28-33-26(29)32-27(34-28)31-15-5-6-19(21(11-15)56(44,45)46)35-36-25-23-14(10-22(24(25)30)57(47,48)49)9-18(13-20(23)38)55(41,42)43/h2-6,9-13,23,25,28,38H,7-8,30H2,1H3,(H,41,42,43)(H,44,45,46)(H,47,48,49)(H,50,51,52)(H2,31,32,33,34)/b36-35-. The van der Waals surface area contributed by atoms with Crippen LogP contribution < -0.4 is 21.3 Å². The molecule has 0 bridgehead atoms. The Hall–Kier alpha value is -4.82. The Morgan fingerprint density at radius 3 is 2.24 bits per heavy atom. The van der Waals surface area contributed by atoms with Crippen molar-refractivity contribution in [2.24, 2.45) is 31.9 Å². The Morgan fingerprint density at radius 1 is 0.931 bits per heavy atom. The van der Waals surface area contributed by atoms with Crippen molar-refractivity contribution in [3.8, 4) is 0 Å². The number of amidine groups is 1. The second-order valence-electron chi connectivity index (χ2n) is 12.0. The zero-order chi connectivity index (χ0) is 43.2. The second kappa shape index (κ2) is 16.1. The second-order valence-corrected chi connectivity index (χ2v) is 19.8. The Kier molecular flexibility index (Phi) is 12.3. The molecule has 314 valence electrons. The molecule has 3 aliphatic rings. The smallest absolute Gasteiger partial charge is 0.397 e. The van der Waals surface area contributed by atoms with Crippen molar-refractivity contribution in [2.75, 3.05) is 29.6 Å². The number of nitrogens with zero attached hydrogens (tertiary/aromatic N) is 5. The van der Waals surface area contributed by atoms with E-state index in [4.69, 9.17) is 21.9 Å². The molecule has 5 rings (SSSR count). The van der Waals surface area contributed by atoms with Gasteiger partial charge in [-0.25, -0.2) is 17.6 Å². The third-order valence-electron chi connectivity index (χ3n) is 8.09. The number of azo groups is 1. The summed E-state index contributed by atoms with van der Waals surface area (Å²) in [7, 11) is -22.7. The zero-order valence-electron chi connectivity index (χ0n) is 28.9. The molecule has 0 aromatic heterocycles. The molecule has 0 fully saturated rings. The number of fused-ring (bicyclic) bond motifs is 1. The van der Waals surface area contributed by atoms with Crippen molar-refractivity contribution >= 4 is 90.5 Å². The molecule has 30 heteroatoms. The molecular formula is C28H29ClN8O16S5. The fourth-order valence-corrected chi connectivity index (χ4v) is 9.04. The molecule has 2 aliphatic carbocycles. The molecule has 1 aliphatic heterocycles. The van der Waals surface area contributed by atoms with E-state index in [0.717, 1.165) is 24.3 Å². The molecule has 9 N–H and O–H groups in total. The number of nitrogens with two attached hydrogens (primary N) is 1. The van der Waals surface area contributed by atoms with Gasteiger partial charge in [0.25, 0.3) is 30.4 Å². The summed E-state index contributed by atoms with van der Waals surface area (Å²) in [6.07, 6.45) is 1.06. The number of hydrogen-bond donors (Lipinski definition) is 8. The fourth-order valence-electron chi connectivity index (χ4n) is 5.43. The first-order chi connectivity index (χ1) is 26.6. The lowest BCUT2D eigenvalue weighted by Gasteiger charge is -2.31. The topological polar surface area (TPSA) is 384 Å². The quantitative estimate of drug-likeness (QED) is 0.0795.